The van der Waals surface area contributed by atoms with Crippen molar-refractivity contribution in [3.8, 4) is 5.75 Å². The van der Waals surface area contributed by atoms with Crippen LogP contribution in [0.15, 0.2) is 36.0 Å². The predicted molar refractivity (Wildman–Crippen MR) is 145 cm³/mol. The van der Waals surface area contributed by atoms with Gasteiger partial charge in [0, 0.05) is 30.2 Å². The Balaban J connectivity index is 1.40. The van der Waals surface area contributed by atoms with Gasteiger partial charge in [0.2, 0.25) is 0 Å². The van der Waals surface area contributed by atoms with Crippen molar-refractivity contribution < 1.29 is 29.2 Å². The third-order valence-corrected chi connectivity index (χ3v) is 10.4. The molecule has 1 aromatic carbocycles. The Morgan fingerprint density at radius 1 is 1.32 bits per heavy atom. The first-order valence-electron chi connectivity index (χ1n) is 13.7. The number of esters is 1. The molecule has 3 saturated carbocycles. The van der Waals surface area contributed by atoms with Crippen molar-refractivity contribution >= 4 is 30.5 Å². The van der Waals surface area contributed by atoms with E-state index >= 15 is 0 Å². The molecule has 0 spiro atoms. The highest BCUT2D eigenvalue weighted by Gasteiger charge is 2.66. The summed E-state index contributed by atoms with van der Waals surface area (Å²) >= 11 is 0. The number of fused-ring (bicyclic) bond motifs is 1. The third-order valence-electron chi connectivity index (χ3n) is 10.4. The first-order chi connectivity index (χ1) is 17.9. The summed E-state index contributed by atoms with van der Waals surface area (Å²) in [6.07, 6.45) is 6.27. The van der Waals surface area contributed by atoms with Crippen LogP contribution in [0.5, 0.6) is 5.75 Å². The maximum absolute atomic E-state index is 13.4. The Morgan fingerprint density at radius 3 is 2.82 bits per heavy atom. The van der Waals surface area contributed by atoms with Gasteiger partial charge in [-0.25, -0.2) is 4.79 Å². The molecule has 204 valence electrons. The van der Waals surface area contributed by atoms with E-state index < -0.39 is 36.1 Å². The van der Waals surface area contributed by atoms with E-state index in [1.54, 1.807) is 37.5 Å². The number of aliphatic hydroxyl groups is 1. The van der Waals surface area contributed by atoms with Crippen molar-refractivity contribution in [2.75, 3.05) is 13.7 Å². The minimum atomic E-state index is -0.902. The summed E-state index contributed by atoms with van der Waals surface area (Å²) < 4.78 is 12.0. The molecule has 0 unspecified atom stereocenters. The summed E-state index contributed by atoms with van der Waals surface area (Å²) in [7, 11) is 0.773. The molecule has 5 rings (SSSR count). The molecule has 1 aliphatic heterocycles. The van der Waals surface area contributed by atoms with Crippen LogP contribution in [0.25, 0.3) is 0 Å². The number of ketones is 1. The van der Waals surface area contributed by atoms with Crippen LogP contribution in [0, 0.1) is 28.1 Å². The van der Waals surface area contributed by atoms with E-state index in [4.69, 9.17) is 9.47 Å². The Kier molecular flexibility index (Phi) is 6.75. The summed E-state index contributed by atoms with van der Waals surface area (Å²) in [6, 6.07) is 5.22. The SMILES string of the molecule is C=C[C@]1(C)C[C@@H](OC(=O)COc2ccc3c(c2)B(O)N(C)N=C3)[C@@]2(C)[C@@H]3C(=O)CC[C@@]3(CC[C@@H]2C)C[C@@H]1O. The zero-order valence-electron chi connectivity index (χ0n) is 22.9. The number of hydrogen-bond acceptors (Lipinski definition) is 8. The minimum Gasteiger partial charge on any atom is -0.482 e. The zero-order chi connectivity index (χ0) is 27.5. The number of carbonyl (C=O) groups excluding carboxylic acids is 2. The molecule has 4 aliphatic rings. The number of hydrogen-bond donors (Lipinski definition) is 2. The van der Waals surface area contributed by atoms with Gasteiger partial charge in [-0.05, 0) is 66.6 Å². The summed E-state index contributed by atoms with van der Waals surface area (Å²) in [4.78, 5) is 28.1. The lowest BCUT2D eigenvalue weighted by Crippen LogP contribution is -2.60. The third kappa shape index (κ3) is 4.18. The van der Waals surface area contributed by atoms with Crippen LogP contribution < -0.4 is 10.2 Å². The number of ether oxygens (including phenoxy) is 2. The Morgan fingerprint density at radius 2 is 2.08 bits per heavy atom. The largest absolute Gasteiger partial charge is 0.482 e. The minimum absolute atomic E-state index is 0.173. The number of hydrazone groups is 1. The molecule has 3 aliphatic carbocycles. The van der Waals surface area contributed by atoms with Crippen molar-refractivity contribution in [3.63, 3.8) is 0 Å². The van der Waals surface area contributed by atoms with E-state index in [2.05, 4.69) is 25.5 Å². The number of nitrogens with zero attached hydrogens (tertiary/aromatic N) is 2. The maximum atomic E-state index is 13.4. The second kappa shape index (κ2) is 9.52. The average Bonchev–Trinajstić information content (AvgIpc) is 3.23. The molecule has 2 bridgehead atoms. The second-order valence-corrected chi connectivity index (χ2v) is 12.5. The lowest BCUT2D eigenvalue weighted by Gasteiger charge is -2.59. The Hall–Kier alpha value is -2.65. The normalized spacial score (nSPS) is 38.1. The van der Waals surface area contributed by atoms with Crippen LogP contribution in [0.3, 0.4) is 0 Å². The first-order valence-corrected chi connectivity index (χ1v) is 13.7. The highest BCUT2D eigenvalue weighted by molar-refractivity contribution is 6.65. The van der Waals surface area contributed by atoms with Crippen molar-refractivity contribution in [2.24, 2.45) is 33.2 Å². The lowest BCUT2D eigenvalue weighted by atomic mass is 9.46. The van der Waals surface area contributed by atoms with Gasteiger partial charge >= 0.3 is 13.0 Å². The molecular weight excluding hydrogens is 483 g/mol. The highest BCUT2D eigenvalue weighted by atomic mass is 16.6. The predicted octanol–water partition coefficient (Wildman–Crippen LogP) is 2.69. The molecule has 9 heteroatoms. The second-order valence-electron chi connectivity index (χ2n) is 12.5. The quantitative estimate of drug-likeness (QED) is 0.348. The Bertz CT molecular complexity index is 1170. The topological polar surface area (TPSA) is 109 Å². The van der Waals surface area contributed by atoms with E-state index in [1.165, 1.54) is 4.92 Å². The number of Topliss-reactive ketones (excluding diaryl/α,β-unsaturated/α-hetero) is 1. The molecule has 7 atom stereocenters. The van der Waals surface area contributed by atoms with Gasteiger partial charge in [-0.15, -0.1) is 6.58 Å². The van der Waals surface area contributed by atoms with Crippen molar-refractivity contribution in [1.29, 1.82) is 0 Å². The molecule has 0 amide bonds. The highest BCUT2D eigenvalue weighted by Crippen LogP contribution is 2.66. The van der Waals surface area contributed by atoms with Gasteiger partial charge in [0.05, 0.1) is 12.3 Å². The van der Waals surface area contributed by atoms with E-state index in [1.807, 2.05) is 6.92 Å². The van der Waals surface area contributed by atoms with Gasteiger partial charge in [-0.2, -0.15) is 5.10 Å². The fourth-order valence-electron chi connectivity index (χ4n) is 7.70. The van der Waals surface area contributed by atoms with Crippen molar-refractivity contribution in [3.05, 3.63) is 36.4 Å². The van der Waals surface area contributed by atoms with Gasteiger partial charge in [-0.1, -0.05) is 32.9 Å². The van der Waals surface area contributed by atoms with Gasteiger partial charge in [0.25, 0.3) is 0 Å². The summed E-state index contributed by atoms with van der Waals surface area (Å²) in [6.45, 7) is 9.96. The van der Waals surface area contributed by atoms with Crippen LogP contribution in [-0.4, -0.2) is 65.9 Å². The monoisotopic (exact) mass is 522 g/mol. The van der Waals surface area contributed by atoms with Crippen LogP contribution in [0.4, 0.5) is 0 Å². The molecule has 1 heterocycles. The Labute approximate surface area is 225 Å². The zero-order valence-corrected chi connectivity index (χ0v) is 22.9. The number of aliphatic hydroxyl groups excluding tert-OH is 1. The van der Waals surface area contributed by atoms with Gasteiger partial charge in [0.15, 0.2) is 6.61 Å². The van der Waals surface area contributed by atoms with E-state index in [9.17, 15) is 19.7 Å². The summed E-state index contributed by atoms with van der Waals surface area (Å²) in [5.74, 6) is 0.0683. The lowest BCUT2D eigenvalue weighted by molar-refractivity contribution is -0.196. The first kappa shape index (κ1) is 26.9. The van der Waals surface area contributed by atoms with Crippen LogP contribution in [0.1, 0.15) is 64.9 Å². The molecular formula is C29H39BN2O6. The smallest absolute Gasteiger partial charge is 0.466 e. The average molecular weight is 522 g/mol. The molecule has 0 aromatic heterocycles. The fraction of sp³-hybridized carbons (Fsp3) is 0.621. The van der Waals surface area contributed by atoms with E-state index in [0.717, 1.165) is 24.8 Å². The molecule has 2 N–H and O–H groups in total. The number of carbonyl (C=O) groups is 2. The van der Waals surface area contributed by atoms with E-state index in [-0.39, 0.29) is 29.6 Å². The molecule has 38 heavy (non-hydrogen) atoms. The molecule has 1 aromatic rings. The van der Waals surface area contributed by atoms with Crippen LogP contribution >= 0.6 is 0 Å². The van der Waals surface area contributed by atoms with E-state index in [0.29, 0.717) is 30.5 Å². The van der Waals surface area contributed by atoms with Crippen molar-refractivity contribution in [1.82, 2.24) is 4.92 Å². The fourth-order valence-corrected chi connectivity index (χ4v) is 7.70. The number of rotatable bonds is 5. The van der Waals surface area contributed by atoms with Gasteiger partial charge < -0.3 is 24.5 Å². The standard InChI is InChI=1S/C29H39BN2O6/c1-6-27(3)15-24(28(4)18(2)9-11-29(14-23(27)34)12-10-22(33)26(28)29)38-25(35)17-37-20-8-7-19-16-31-32(5)30(36)21(19)13-20/h6-8,13,16,18,23-24,26,34,36H,1,9-12,14-15,17H2,2-5H3/t18-,23-,24+,26-,27+,28-,29-/m0/s1. The summed E-state index contributed by atoms with van der Waals surface area (Å²) in [5.41, 5.74) is -0.0545. The molecule has 0 saturated heterocycles. The molecule has 8 nitrogen and oxygen atoms in total. The number of benzene rings is 1. The molecule has 0 radical (unpaired) electrons. The summed E-state index contributed by atoms with van der Waals surface area (Å²) in [5, 5.41) is 25.9. The van der Waals surface area contributed by atoms with Gasteiger partial charge in [-0.3, -0.25) is 4.79 Å². The maximum Gasteiger partial charge on any atom is 0.466 e. The van der Waals surface area contributed by atoms with Crippen molar-refractivity contribution in [2.45, 2.75) is 71.5 Å². The van der Waals surface area contributed by atoms with Crippen LogP contribution in [0.2, 0.25) is 0 Å². The molecule has 3 fully saturated rings. The van der Waals surface area contributed by atoms with Gasteiger partial charge in [0.1, 0.15) is 17.6 Å². The van der Waals surface area contributed by atoms with Crippen LogP contribution in [-0.2, 0) is 14.3 Å².